The van der Waals surface area contributed by atoms with E-state index in [9.17, 15) is 13.2 Å². The van der Waals surface area contributed by atoms with Crippen LogP contribution >= 0.6 is 0 Å². The van der Waals surface area contributed by atoms with E-state index >= 15 is 0 Å². The molecule has 0 aliphatic heterocycles. The van der Waals surface area contributed by atoms with Gasteiger partial charge in [0.05, 0.1) is 0 Å². The van der Waals surface area contributed by atoms with Crippen LogP contribution in [0.15, 0.2) is 36.4 Å². The standard InChI is InChI=1S/C16H16F3NO/c1-10(20)6-12-7-13(17)4-5-16(12)21-9-11-2-3-14(18)8-15(11)19/h2-5,7-8,10H,6,9,20H2,1H3. The van der Waals surface area contributed by atoms with Gasteiger partial charge in [-0.05, 0) is 49.2 Å². The van der Waals surface area contributed by atoms with Crippen LogP contribution in [0.4, 0.5) is 13.2 Å². The maximum Gasteiger partial charge on any atom is 0.132 e. The van der Waals surface area contributed by atoms with Crippen LogP contribution in [0.5, 0.6) is 5.75 Å². The molecule has 0 saturated carbocycles. The Kier molecular flexibility index (Phi) is 4.85. The second-order valence-corrected chi connectivity index (χ2v) is 4.96. The van der Waals surface area contributed by atoms with Crippen molar-refractivity contribution < 1.29 is 17.9 Å². The number of halogens is 3. The van der Waals surface area contributed by atoms with Crippen LogP contribution in [-0.2, 0) is 13.0 Å². The van der Waals surface area contributed by atoms with Crippen molar-refractivity contribution in [2.24, 2.45) is 5.73 Å². The van der Waals surface area contributed by atoms with Gasteiger partial charge < -0.3 is 10.5 Å². The third-order valence-corrected chi connectivity index (χ3v) is 2.96. The van der Waals surface area contributed by atoms with E-state index in [1.165, 1.54) is 24.3 Å². The molecule has 0 aromatic heterocycles. The predicted octanol–water partition coefficient (Wildman–Crippen LogP) is 3.57. The zero-order valence-electron chi connectivity index (χ0n) is 11.6. The Morgan fingerprint density at radius 3 is 2.33 bits per heavy atom. The number of hydrogen-bond acceptors (Lipinski definition) is 2. The average molecular weight is 295 g/mol. The molecule has 1 atom stereocenters. The summed E-state index contributed by atoms with van der Waals surface area (Å²) in [4.78, 5) is 0. The van der Waals surface area contributed by atoms with Gasteiger partial charge in [-0.2, -0.15) is 0 Å². The molecule has 0 spiro atoms. The average Bonchev–Trinajstić information content (AvgIpc) is 2.39. The van der Waals surface area contributed by atoms with E-state index in [2.05, 4.69) is 0 Å². The lowest BCUT2D eigenvalue weighted by Crippen LogP contribution is -2.18. The molecule has 0 heterocycles. The molecule has 0 amide bonds. The topological polar surface area (TPSA) is 35.2 Å². The Labute approximate surface area is 121 Å². The van der Waals surface area contributed by atoms with Crippen LogP contribution in [0.3, 0.4) is 0 Å². The van der Waals surface area contributed by atoms with Gasteiger partial charge in [0, 0.05) is 17.7 Å². The van der Waals surface area contributed by atoms with Gasteiger partial charge in [-0.3, -0.25) is 0 Å². The summed E-state index contributed by atoms with van der Waals surface area (Å²) in [5, 5.41) is 0. The summed E-state index contributed by atoms with van der Waals surface area (Å²) in [7, 11) is 0. The first-order chi connectivity index (χ1) is 9.95. The van der Waals surface area contributed by atoms with Crippen LogP contribution in [0.1, 0.15) is 18.1 Å². The van der Waals surface area contributed by atoms with Gasteiger partial charge in [0.2, 0.25) is 0 Å². The van der Waals surface area contributed by atoms with Gasteiger partial charge in [0.25, 0.3) is 0 Å². The number of nitrogens with two attached hydrogens (primary N) is 1. The Morgan fingerprint density at radius 2 is 1.67 bits per heavy atom. The van der Waals surface area contributed by atoms with Gasteiger partial charge in [0.1, 0.15) is 29.8 Å². The lowest BCUT2D eigenvalue weighted by Gasteiger charge is -2.13. The minimum absolute atomic E-state index is 0.0658. The molecule has 112 valence electrons. The van der Waals surface area contributed by atoms with Crippen molar-refractivity contribution in [3.05, 3.63) is 65.0 Å². The molecule has 2 aromatic rings. The molecular weight excluding hydrogens is 279 g/mol. The maximum absolute atomic E-state index is 13.5. The fourth-order valence-electron chi connectivity index (χ4n) is 1.99. The van der Waals surface area contributed by atoms with Crippen LogP contribution < -0.4 is 10.5 Å². The van der Waals surface area contributed by atoms with Crippen LogP contribution in [-0.4, -0.2) is 6.04 Å². The quantitative estimate of drug-likeness (QED) is 0.915. The van der Waals surface area contributed by atoms with E-state index in [-0.39, 0.29) is 24.0 Å². The van der Waals surface area contributed by atoms with E-state index in [1.807, 2.05) is 0 Å². The summed E-state index contributed by atoms with van der Waals surface area (Å²) >= 11 is 0. The van der Waals surface area contributed by atoms with Crippen molar-refractivity contribution in [1.82, 2.24) is 0 Å². The monoisotopic (exact) mass is 295 g/mol. The van der Waals surface area contributed by atoms with E-state index < -0.39 is 11.6 Å². The van der Waals surface area contributed by atoms with Crippen LogP contribution in [0.25, 0.3) is 0 Å². The van der Waals surface area contributed by atoms with Gasteiger partial charge in [0.15, 0.2) is 0 Å². The minimum Gasteiger partial charge on any atom is -0.489 e. The lowest BCUT2D eigenvalue weighted by atomic mass is 10.1. The Hall–Kier alpha value is -2.01. The largest absolute Gasteiger partial charge is 0.489 e. The summed E-state index contributed by atoms with van der Waals surface area (Å²) in [6.07, 6.45) is 0.443. The zero-order chi connectivity index (χ0) is 15.4. The predicted molar refractivity (Wildman–Crippen MR) is 74.4 cm³/mol. The Morgan fingerprint density at radius 1 is 1.00 bits per heavy atom. The highest BCUT2D eigenvalue weighted by Gasteiger charge is 2.10. The van der Waals surface area contributed by atoms with Crippen molar-refractivity contribution in [2.75, 3.05) is 0 Å². The molecule has 0 saturated heterocycles. The highest BCUT2D eigenvalue weighted by molar-refractivity contribution is 5.35. The van der Waals surface area contributed by atoms with Crippen LogP contribution in [0, 0.1) is 17.5 Å². The Bertz CT molecular complexity index is 629. The molecule has 2 aromatic carbocycles. The first kappa shape index (κ1) is 15.4. The third kappa shape index (κ3) is 4.23. The fourth-order valence-corrected chi connectivity index (χ4v) is 1.99. The zero-order valence-corrected chi connectivity index (χ0v) is 11.6. The number of benzene rings is 2. The normalized spacial score (nSPS) is 12.2. The second-order valence-electron chi connectivity index (χ2n) is 4.96. The smallest absolute Gasteiger partial charge is 0.132 e. The van der Waals surface area contributed by atoms with E-state index in [4.69, 9.17) is 10.5 Å². The molecule has 0 aliphatic carbocycles. The van der Waals surface area contributed by atoms with Gasteiger partial charge in [-0.1, -0.05) is 0 Å². The number of rotatable bonds is 5. The van der Waals surface area contributed by atoms with Crippen molar-refractivity contribution in [3.8, 4) is 5.75 Å². The second kappa shape index (κ2) is 6.63. The molecule has 0 radical (unpaired) electrons. The number of hydrogen-bond donors (Lipinski definition) is 1. The van der Waals surface area contributed by atoms with Gasteiger partial charge in [-0.15, -0.1) is 0 Å². The molecule has 5 heteroatoms. The molecule has 0 fully saturated rings. The minimum atomic E-state index is -0.675. The summed E-state index contributed by atoms with van der Waals surface area (Å²) in [6.45, 7) is 1.73. The van der Waals surface area contributed by atoms with Gasteiger partial charge >= 0.3 is 0 Å². The molecule has 1 unspecified atom stereocenters. The Balaban J connectivity index is 2.15. The van der Waals surface area contributed by atoms with Crippen molar-refractivity contribution in [1.29, 1.82) is 0 Å². The molecular formula is C16H16F3NO. The molecule has 2 rings (SSSR count). The summed E-state index contributed by atoms with van der Waals surface area (Å²) in [6, 6.07) is 7.22. The van der Waals surface area contributed by atoms with E-state index in [0.717, 1.165) is 12.1 Å². The first-order valence-electron chi connectivity index (χ1n) is 6.56. The highest BCUT2D eigenvalue weighted by atomic mass is 19.1. The van der Waals surface area contributed by atoms with Crippen molar-refractivity contribution >= 4 is 0 Å². The van der Waals surface area contributed by atoms with Crippen molar-refractivity contribution in [3.63, 3.8) is 0 Å². The fraction of sp³-hybridized carbons (Fsp3) is 0.250. The van der Waals surface area contributed by atoms with Crippen LogP contribution in [0.2, 0.25) is 0 Å². The summed E-state index contributed by atoms with van der Waals surface area (Å²) in [5.74, 6) is -1.26. The van der Waals surface area contributed by atoms with E-state index in [0.29, 0.717) is 17.7 Å². The third-order valence-electron chi connectivity index (χ3n) is 2.96. The lowest BCUT2D eigenvalue weighted by molar-refractivity contribution is 0.295. The SMILES string of the molecule is CC(N)Cc1cc(F)ccc1OCc1ccc(F)cc1F. The highest BCUT2D eigenvalue weighted by Crippen LogP contribution is 2.23. The summed E-state index contributed by atoms with van der Waals surface area (Å²) < 4.78 is 45.1. The molecule has 0 bridgehead atoms. The molecule has 2 N–H and O–H groups in total. The molecule has 0 aliphatic rings. The molecule has 21 heavy (non-hydrogen) atoms. The first-order valence-corrected chi connectivity index (χ1v) is 6.56. The molecule has 2 nitrogen and oxygen atoms in total. The summed E-state index contributed by atoms with van der Waals surface area (Å²) in [5.41, 5.74) is 6.56. The van der Waals surface area contributed by atoms with Gasteiger partial charge in [-0.25, -0.2) is 13.2 Å². The number of ether oxygens (including phenoxy) is 1. The van der Waals surface area contributed by atoms with Crippen molar-refractivity contribution in [2.45, 2.75) is 26.0 Å². The maximum atomic E-state index is 13.5. The van der Waals surface area contributed by atoms with E-state index in [1.54, 1.807) is 6.92 Å².